The number of carbonyl (C=O) groups excluding carboxylic acids is 1. The number of rotatable bonds is 9. The molecule has 19 heavy (non-hydrogen) atoms. The Kier molecular flexibility index (Phi) is 7.68. The molecule has 2 unspecified atom stereocenters. The van der Waals surface area contributed by atoms with Gasteiger partial charge < -0.3 is 15.2 Å². The van der Waals surface area contributed by atoms with Crippen molar-refractivity contribution in [2.24, 2.45) is 5.92 Å². The second-order valence-electron chi connectivity index (χ2n) is 5.50. The molecule has 0 fully saturated rings. The molecule has 0 radical (unpaired) electrons. The first kappa shape index (κ1) is 17.9. The van der Waals surface area contributed by atoms with Crippen LogP contribution in [0.3, 0.4) is 0 Å². The van der Waals surface area contributed by atoms with E-state index in [1.54, 1.807) is 13.8 Å². The number of aliphatic carboxylic acids is 1. The van der Waals surface area contributed by atoms with Gasteiger partial charge in [-0.15, -0.1) is 0 Å². The Morgan fingerprint density at radius 3 is 2.32 bits per heavy atom. The van der Waals surface area contributed by atoms with Gasteiger partial charge >= 0.3 is 5.97 Å². The van der Waals surface area contributed by atoms with Crippen molar-refractivity contribution in [1.29, 1.82) is 0 Å². The first-order valence-corrected chi connectivity index (χ1v) is 6.88. The minimum atomic E-state index is -0.920. The van der Waals surface area contributed by atoms with Gasteiger partial charge in [0.1, 0.15) is 6.10 Å². The second kappa shape index (κ2) is 8.15. The third-order valence-electron chi connectivity index (χ3n) is 3.44. The Labute approximate surface area is 115 Å². The van der Waals surface area contributed by atoms with Crippen molar-refractivity contribution in [2.75, 3.05) is 6.61 Å². The van der Waals surface area contributed by atoms with Crippen LogP contribution in [0.5, 0.6) is 0 Å². The van der Waals surface area contributed by atoms with Gasteiger partial charge in [-0.2, -0.15) is 0 Å². The molecule has 0 aliphatic carbocycles. The van der Waals surface area contributed by atoms with Gasteiger partial charge in [-0.1, -0.05) is 27.2 Å². The van der Waals surface area contributed by atoms with E-state index < -0.39 is 17.6 Å². The summed E-state index contributed by atoms with van der Waals surface area (Å²) in [5.74, 6) is -1.15. The summed E-state index contributed by atoms with van der Waals surface area (Å²) in [5, 5.41) is 11.7. The first-order chi connectivity index (χ1) is 8.73. The zero-order valence-corrected chi connectivity index (χ0v) is 12.7. The number of nitrogens with one attached hydrogen (secondary N) is 1. The standard InChI is InChI=1S/C14H27NO4/c1-6-7-8-19-11(4)13(18)15-14(5,10(2)3)9-12(16)17/h10-11H,6-9H2,1-5H3,(H,15,18)(H,16,17). The fourth-order valence-corrected chi connectivity index (χ4v) is 1.57. The highest BCUT2D eigenvalue weighted by atomic mass is 16.5. The van der Waals surface area contributed by atoms with E-state index in [-0.39, 0.29) is 18.2 Å². The molecular formula is C14H27NO4. The maximum absolute atomic E-state index is 12.0. The quantitative estimate of drug-likeness (QED) is 0.631. The SMILES string of the molecule is CCCCOC(C)C(=O)NC(C)(CC(=O)O)C(C)C. The van der Waals surface area contributed by atoms with Gasteiger partial charge in [0.15, 0.2) is 0 Å². The van der Waals surface area contributed by atoms with Crippen molar-refractivity contribution in [3.05, 3.63) is 0 Å². The van der Waals surface area contributed by atoms with E-state index in [1.807, 2.05) is 13.8 Å². The van der Waals surface area contributed by atoms with Crippen LogP contribution in [0.15, 0.2) is 0 Å². The molecule has 0 rings (SSSR count). The molecule has 0 heterocycles. The molecule has 0 aromatic rings. The van der Waals surface area contributed by atoms with Crippen molar-refractivity contribution >= 4 is 11.9 Å². The van der Waals surface area contributed by atoms with Crippen LogP contribution in [0.1, 0.15) is 53.9 Å². The number of hydrogen-bond acceptors (Lipinski definition) is 3. The summed E-state index contributed by atoms with van der Waals surface area (Å²) in [6, 6.07) is 0. The number of unbranched alkanes of at least 4 members (excludes halogenated alkanes) is 1. The van der Waals surface area contributed by atoms with Crippen LogP contribution >= 0.6 is 0 Å². The minimum Gasteiger partial charge on any atom is -0.481 e. The summed E-state index contributed by atoms with van der Waals surface area (Å²) in [6.45, 7) is 9.83. The molecule has 0 saturated carbocycles. The summed E-state index contributed by atoms with van der Waals surface area (Å²) >= 11 is 0. The van der Waals surface area contributed by atoms with Crippen LogP contribution < -0.4 is 5.32 Å². The number of carbonyl (C=O) groups is 2. The number of carboxylic acids is 1. The highest BCUT2D eigenvalue weighted by Gasteiger charge is 2.34. The van der Waals surface area contributed by atoms with Crippen LogP contribution in [-0.2, 0) is 14.3 Å². The normalized spacial score (nSPS) is 15.9. The molecule has 1 amide bonds. The lowest BCUT2D eigenvalue weighted by Gasteiger charge is -2.34. The average Bonchev–Trinajstić information content (AvgIpc) is 2.27. The molecule has 0 saturated heterocycles. The summed E-state index contributed by atoms with van der Waals surface area (Å²) in [5.41, 5.74) is -0.759. The van der Waals surface area contributed by atoms with Gasteiger partial charge in [-0.05, 0) is 26.2 Å². The summed E-state index contributed by atoms with van der Waals surface area (Å²) in [6.07, 6.45) is 1.27. The first-order valence-electron chi connectivity index (χ1n) is 6.88. The van der Waals surface area contributed by atoms with E-state index in [2.05, 4.69) is 12.2 Å². The summed E-state index contributed by atoms with van der Waals surface area (Å²) in [7, 11) is 0. The smallest absolute Gasteiger partial charge is 0.305 e. The average molecular weight is 273 g/mol. The maximum atomic E-state index is 12.0. The van der Waals surface area contributed by atoms with E-state index >= 15 is 0 Å². The third kappa shape index (κ3) is 6.57. The van der Waals surface area contributed by atoms with E-state index in [4.69, 9.17) is 9.84 Å². The predicted octanol–water partition coefficient (Wildman–Crippen LogP) is 2.20. The highest BCUT2D eigenvalue weighted by molar-refractivity contribution is 5.82. The number of hydrogen-bond donors (Lipinski definition) is 2. The van der Waals surface area contributed by atoms with Crippen molar-refractivity contribution in [1.82, 2.24) is 5.32 Å². The Morgan fingerprint density at radius 2 is 1.89 bits per heavy atom. The van der Waals surface area contributed by atoms with E-state index in [0.717, 1.165) is 12.8 Å². The number of ether oxygens (including phenoxy) is 1. The molecule has 0 aliphatic rings. The molecule has 0 aliphatic heterocycles. The molecule has 0 aromatic carbocycles. The Balaban J connectivity index is 4.50. The van der Waals surface area contributed by atoms with Gasteiger partial charge in [0.2, 0.25) is 5.91 Å². The fraction of sp³-hybridized carbons (Fsp3) is 0.857. The second-order valence-corrected chi connectivity index (χ2v) is 5.50. The van der Waals surface area contributed by atoms with E-state index in [1.165, 1.54) is 0 Å². The number of amides is 1. The van der Waals surface area contributed by atoms with Crippen LogP contribution in [-0.4, -0.2) is 35.2 Å². The van der Waals surface area contributed by atoms with Crippen molar-refractivity contribution in [3.8, 4) is 0 Å². The minimum absolute atomic E-state index is 0.0235. The monoisotopic (exact) mass is 273 g/mol. The van der Waals surface area contributed by atoms with E-state index in [0.29, 0.717) is 6.61 Å². The van der Waals surface area contributed by atoms with Crippen LogP contribution in [0.2, 0.25) is 0 Å². The lowest BCUT2D eigenvalue weighted by atomic mass is 9.85. The van der Waals surface area contributed by atoms with Crippen molar-refractivity contribution in [3.63, 3.8) is 0 Å². The fourth-order valence-electron chi connectivity index (χ4n) is 1.57. The van der Waals surface area contributed by atoms with Crippen molar-refractivity contribution < 1.29 is 19.4 Å². The van der Waals surface area contributed by atoms with Gasteiger partial charge in [-0.25, -0.2) is 0 Å². The maximum Gasteiger partial charge on any atom is 0.305 e. The molecular weight excluding hydrogens is 246 g/mol. The largest absolute Gasteiger partial charge is 0.481 e. The van der Waals surface area contributed by atoms with Crippen LogP contribution in [0.4, 0.5) is 0 Å². The lowest BCUT2D eigenvalue weighted by Crippen LogP contribution is -2.54. The Bertz CT molecular complexity index is 304. The lowest BCUT2D eigenvalue weighted by molar-refractivity contribution is -0.141. The molecule has 0 bridgehead atoms. The van der Waals surface area contributed by atoms with Crippen molar-refractivity contribution in [2.45, 2.75) is 65.5 Å². The summed E-state index contributed by atoms with van der Waals surface area (Å²) < 4.78 is 5.42. The third-order valence-corrected chi connectivity index (χ3v) is 3.44. The number of carboxylic acid groups (broad SMARTS) is 1. The van der Waals surface area contributed by atoms with Gasteiger partial charge in [-0.3, -0.25) is 9.59 Å². The van der Waals surface area contributed by atoms with Gasteiger partial charge in [0, 0.05) is 6.61 Å². The van der Waals surface area contributed by atoms with Crippen LogP contribution in [0.25, 0.3) is 0 Å². The van der Waals surface area contributed by atoms with Crippen LogP contribution in [0, 0.1) is 5.92 Å². The molecule has 0 spiro atoms. The molecule has 2 N–H and O–H groups in total. The predicted molar refractivity (Wildman–Crippen MR) is 74.0 cm³/mol. The topological polar surface area (TPSA) is 75.6 Å². The Morgan fingerprint density at radius 1 is 1.32 bits per heavy atom. The molecule has 2 atom stereocenters. The Hall–Kier alpha value is -1.10. The molecule has 112 valence electrons. The van der Waals surface area contributed by atoms with Gasteiger partial charge in [0.25, 0.3) is 0 Å². The van der Waals surface area contributed by atoms with E-state index in [9.17, 15) is 9.59 Å². The van der Waals surface area contributed by atoms with Gasteiger partial charge in [0.05, 0.1) is 12.0 Å². The molecule has 5 heteroatoms. The molecule has 5 nitrogen and oxygen atoms in total. The molecule has 0 aromatic heterocycles. The zero-order chi connectivity index (χ0) is 15.1. The highest BCUT2D eigenvalue weighted by Crippen LogP contribution is 2.21. The zero-order valence-electron chi connectivity index (χ0n) is 12.7. The summed E-state index contributed by atoms with van der Waals surface area (Å²) in [4.78, 5) is 22.9.